The van der Waals surface area contributed by atoms with Crippen LogP contribution in [0.5, 0.6) is 11.5 Å². The minimum atomic E-state index is -2.88. The minimum Gasteiger partial charge on any atom is -0.480 e. The summed E-state index contributed by atoms with van der Waals surface area (Å²) in [6, 6.07) is 10.9. The normalized spacial score (nSPS) is 15.9. The summed E-state index contributed by atoms with van der Waals surface area (Å²) in [4.78, 5) is 12.2. The first-order chi connectivity index (χ1) is 11.0. The number of fused-ring (bicyclic) bond motifs is 1. The molecule has 2 aromatic carbocycles. The minimum absolute atomic E-state index is 0.0252. The van der Waals surface area contributed by atoms with Gasteiger partial charge in [0.2, 0.25) is 0 Å². The molecule has 23 heavy (non-hydrogen) atoms. The van der Waals surface area contributed by atoms with Crippen molar-refractivity contribution in [3.63, 3.8) is 0 Å². The zero-order chi connectivity index (χ0) is 16.4. The summed E-state index contributed by atoms with van der Waals surface area (Å²) in [6.45, 7) is -2.88. The van der Waals surface area contributed by atoms with Gasteiger partial charge in [-0.1, -0.05) is 11.6 Å². The molecule has 1 unspecified atom stereocenters. The fourth-order valence-electron chi connectivity index (χ4n) is 2.31. The largest absolute Gasteiger partial charge is 0.480 e. The molecule has 0 spiro atoms. The van der Waals surface area contributed by atoms with Crippen molar-refractivity contribution in [3.8, 4) is 11.5 Å². The number of anilines is 1. The number of ether oxygens (including phenoxy) is 2. The third-order valence-electron chi connectivity index (χ3n) is 3.34. The maximum atomic E-state index is 12.2. The highest BCUT2D eigenvalue weighted by Crippen LogP contribution is 2.31. The molecule has 1 N–H and O–H groups in total. The highest BCUT2D eigenvalue weighted by Gasteiger charge is 2.29. The van der Waals surface area contributed by atoms with E-state index in [1.807, 2.05) is 0 Å². The summed E-state index contributed by atoms with van der Waals surface area (Å²) >= 11 is 5.91. The average Bonchev–Trinajstić information content (AvgIpc) is 2.92. The molecule has 3 rings (SSSR count). The first-order valence-electron chi connectivity index (χ1n) is 6.82. The summed E-state index contributed by atoms with van der Waals surface area (Å²) in [5.74, 6) is 0.340. The van der Waals surface area contributed by atoms with E-state index in [1.54, 1.807) is 18.2 Å². The second kappa shape index (κ2) is 6.42. The fraction of sp³-hybridized carbons (Fsp3) is 0.188. The van der Waals surface area contributed by atoms with Crippen LogP contribution in [0.2, 0.25) is 5.02 Å². The number of benzene rings is 2. The van der Waals surface area contributed by atoms with E-state index in [0.29, 0.717) is 22.9 Å². The molecular formula is C16H12ClF2NO3. The van der Waals surface area contributed by atoms with Crippen molar-refractivity contribution >= 4 is 23.2 Å². The molecule has 0 aliphatic carbocycles. The second-order valence-electron chi connectivity index (χ2n) is 4.95. The number of carbonyl (C=O) groups excluding carboxylic acids is 1. The molecule has 1 heterocycles. The molecule has 1 aliphatic rings. The van der Waals surface area contributed by atoms with E-state index >= 15 is 0 Å². The third kappa shape index (κ3) is 3.71. The lowest BCUT2D eigenvalue weighted by molar-refractivity contribution is -0.122. The molecule has 0 saturated carbocycles. The first-order valence-corrected chi connectivity index (χ1v) is 7.20. The zero-order valence-corrected chi connectivity index (χ0v) is 12.5. The van der Waals surface area contributed by atoms with E-state index < -0.39 is 12.7 Å². The van der Waals surface area contributed by atoms with Crippen LogP contribution in [0.3, 0.4) is 0 Å². The number of carbonyl (C=O) groups is 1. The lowest BCUT2D eigenvalue weighted by atomic mass is 10.1. The van der Waals surface area contributed by atoms with Gasteiger partial charge in [0.05, 0.1) is 0 Å². The summed E-state index contributed by atoms with van der Waals surface area (Å²) in [6.07, 6.45) is -0.227. The summed E-state index contributed by atoms with van der Waals surface area (Å²) in [5, 5.41) is 3.26. The highest BCUT2D eigenvalue weighted by atomic mass is 35.5. The van der Waals surface area contributed by atoms with Gasteiger partial charge < -0.3 is 14.8 Å². The molecule has 0 bridgehead atoms. The van der Waals surface area contributed by atoms with Gasteiger partial charge in [0, 0.05) is 17.1 Å². The molecule has 1 atom stereocenters. The molecule has 0 radical (unpaired) electrons. The quantitative estimate of drug-likeness (QED) is 0.919. The Hall–Kier alpha value is -2.34. The van der Waals surface area contributed by atoms with Crippen molar-refractivity contribution in [3.05, 3.63) is 53.1 Å². The topological polar surface area (TPSA) is 47.6 Å². The van der Waals surface area contributed by atoms with Gasteiger partial charge in [0.1, 0.15) is 11.5 Å². The predicted octanol–water partition coefficient (Wildman–Crippen LogP) is 3.88. The van der Waals surface area contributed by atoms with Gasteiger partial charge in [0.25, 0.3) is 5.91 Å². The molecular weight excluding hydrogens is 328 g/mol. The highest BCUT2D eigenvalue weighted by molar-refractivity contribution is 6.30. The lowest BCUT2D eigenvalue weighted by Crippen LogP contribution is -2.31. The van der Waals surface area contributed by atoms with Crippen molar-refractivity contribution in [2.24, 2.45) is 0 Å². The van der Waals surface area contributed by atoms with Gasteiger partial charge >= 0.3 is 6.61 Å². The maximum absolute atomic E-state index is 12.2. The molecule has 2 aromatic rings. The number of hydrogen-bond acceptors (Lipinski definition) is 3. The summed E-state index contributed by atoms with van der Waals surface area (Å²) in [5.41, 5.74) is 1.34. The van der Waals surface area contributed by atoms with Crippen molar-refractivity contribution in [2.75, 3.05) is 5.32 Å². The van der Waals surface area contributed by atoms with E-state index in [4.69, 9.17) is 16.3 Å². The van der Waals surface area contributed by atoms with Crippen molar-refractivity contribution in [1.29, 1.82) is 0 Å². The Balaban J connectivity index is 1.62. The Kier molecular flexibility index (Phi) is 4.34. The predicted molar refractivity (Wildman–Crippen MR) is 81.3 cm³/mol. The van der Waals surface area contributed by atoms with Crippen LogP contribution in [0.25, 0.3) is 0 Å². The molecule has 120 valence electrons. The Bertz CT molecular complexity index is 722. The summed E-state index contributed by atoms with van der Waals surface area (Å²) in [7, 11) is 0. The first kappa shape index (κ1) is 15.6. The van der Waals surface area contributed by atoms with E-state index in [0.717, 1.165) is 5.56 Å². The molecule has 1 amide bonds. The molecule has 4 nitrogen and oxygen atoms in total. The number of rotatable bonds is 4. The smallest absolute Gasteiger partial charge is 0.387 e. The van der Waals surface area contributed by atoms with Crippen LogP contribution in [0, 0.1) is 0 Å². The standard InChI is InChI=1S/C16H12ClF2NO3/c17-10-1-6-13-9(7-10)8-14(23-13)15(21)20-11-2-4-12(5-3-11)22-16(18)19/h1-7,14,16H,8H2,(H,20,21). The van der Waals surface area contributed by atoms with Crippen LogP contribution in [-0.2, 0) is 11.2 Å². The van der Waals surface area contributed by atoms with Crippen LogP contribution in [0.4, 0.5) is 14.5 Å². The van der Waals surface area contributed by atoms with Gasteiger partial charge in [0.15, 0.2) is 6.10 Å². The lowest BCUT2D eigenvalue weighted by Gasteiger charge is -2.12. The molecule has 0 aromatic heterocycles. The molecule has 1 aliphatic heterocycles. The van der Waals surface area contributed by atoms with E-state index in [9.17, 15) is 13.6 Å². The SMILES string of the molecule is O=C(Nc1ccc(OC(F)F)cc1)C1Cc2cc(Cl)ccc2O1. The number of nitrogens with one attached hydrogen (secondary N) is 1. The van der Waals surface area contributed by atoms with Gasteiger partial charge in [-0.2, -0.15) is 8.78 Å². The molecule has 0 saturated heterocycles. The summed E-state index contributed by atoms with van der Waals surface area (Å²) < 4.78 is 34.0. The second-order valence-corrected chi connectivity index (χ2v) is 5.39. The van der Waals surface area contributed by atoms with Gasteiger partial charge in [-0.25, -0.2) is 0 Å². The van der Waals surface area contributed by atoms with Crippen LogP contribution in [0.15, 0.2) is 42.5 Å². The van der Waals surface area contributed by atoms with Gasteiger partial charge in [-0.3, -0.25) is 4.79 Å². The zero-order valence-electron chi connectivity index (χ0n) is 11.8. The maximum Gasteiger partial charge on any atom is 0.387 e. The molecule has 0 fully saturated rings. The van der Waals surface area contributed by atoms with E-state index in [-0.39, 0.29) is 11.7 Å². The molecule has 7 heteroatoms. The average molecular weight is 340 g/mol. The Labute approximate surface area is 136 Å². The Morgan fingerprint density at radius 1 is 1.26 bits per heavy atom. The monoisotopic (exact) mass is 339 g/mol. The third-order valence-corrected chi connectivity index (χ3v) is 3.57. The van der Waals surface area contributed by atoms with Crippen molar-refractivity contribution in [2.45, 2.75) is 19.1 Å². The van der Waals surface area contributed by atoms with Crippen molar-refractivity contribution < 1.29 is 23.0 Å². The number of alkyl halides is 2. The van der Waals surface area contributed by atoms with Crippen LogP contribution in [0.1, 0.15) is 5.56 Å². The number of hydrogen-bond donors (Lipinski definition) is 1. The Morgan fingerprint density at radius 3 is 2.70 bits per heavy atom. The van der Waals surface area contributed by atoms with Gasteiger partial charge in [-0.05, 0) is 48.0 Å². The van der Waals surface area contributed by atoms with E-state index in [2.05, 4.69) is 10.1 Å². The van der Waals surface area contributed by atoms with E-state index in [1.165, 1.54) is 24.3 Å². The fourth-order valence-corrected chi connectivity index (χ4v) is 2.50. The van der Waals surface area contributed by atoms with Crippen LogP contribution >= 0.6 is 11.6 Å². The Morgan fingerprint density at radius 2 is 2.00 bits per heavy atom. The van der Waals surface area contributed by atoms with Crippen molar-refractivity contribution in [1.82, 2.24) is 0 Å². The number of amides is 1. The van der Waals surface area contributed by atoms with Crippen LogP contribution in [-0.4, -0.2) is 18.6 Å². The van der Waals surface area contributed by atoms with Gasteiger partial charge in [-0.15, -0.1) is 0 Å². The number of halogens is 3. The van der Waals surface area contributed by atoms with Crippen LogP contribution < -0.4 is 14.8 Å².